The maximum atomic E-state index is 12.4. The van der Waals surface area contributed by atoms with Gasteiger partial charge in [0.25, 0.3) is 5.69 Å². The lowest BCUT2D eigenvalue weighted by Crippen LogP contribution is -2.44. The van der Waals surface area contributed by atoms with Gasteiger partial charge in [-0.2, -0.15) is 0 Å². The molecule has 1 saturated carbocycles. The topological polar surface area (TPSA) is 98.3 Å². The number of hydrogen-bond acceptors (Lipinski definition) is 4. The van der Waals surface area contributed by atoms with E-state index in [2.05, 4.69) is 21.2 Å². The van der Waals surface area contributed by atoms with Gasteiger partial charge in [-0.3, -0.25) is 14.9 Å². The average molecular weight is 342 g/mol. The molecular weight excluding hydrogens is 326 g/mol. The Morgan fingerprint density at radius 2 is 2.30 bits per heavy atom. The lowest BCUT2D eigenvalue weighted by molar-refractivity contribution is -0.384. The number of hydrogen-bond donors (Lipinski definition) is 2. The van der Waals surface area contributed by atoms with Crippen molar-refractivity contribution < 1.29 is 9.72 Å². The second-order valence-corrected chi connectivity index (χ2v) is 6.15. The van der Waals surface area contributed by atoms with Crippen LogP contribution in [0.2, 0.25) is 0 Å². The molecule has 0 radical (unpaired) electrons. The number of non-ortho nitro benzene ring substituents is 1. The number of nitrogens with two attached hydrogens (primary N) is 1. The van der Waals surface area contributed by atoms with Crippen LogP contribution in [0.25, 0.3) is 0 Å². The van der Waals surface area contributed by atoms with Crippen LogP contribution < -0.4 is 11.1 Å². The second kappa shape index (κ2) is 5.49. The molecule has 0 saturated heterocycles. The highest BCUT2D eigenvalue weighted by molar-refractivity contribution is 9.10. The summed E-state index contributed by atoms with van der Waals surface area (Å²) in [5.74, 6) is -0.191. The van der Waals surface area contributed by atoms with Gasteiger partial charge in [0.2, 0.25) is 5.91 Å². The molecule has 6 nitrogen and oxygen atoms in total. The SMILES string of the molecule is CC1(C(=O)Nc2cc([N+](=O)[O-])ccc2Br)CCCC1N. The smallest absolute Gasteiger partial charge is 0.271 e. The molecule has 1 aliphatic carbocycles. The van der Waals surface area contributed by atoms with Crippen molar-refractivity contribution in [2.24, 2.45) is 11.1 Å². The molecule has 0 heterocycles. The normalized spacial score (nSPS) is 25.4. The van der Waals surface area contributed by atoms with Gasteiger partial charge in [-0.05, 0) is 41.8 Å². The standard InChI is InChI=1S/C13H16BrN3O3/c1-13(6-2-3-11(13)15)12(18)16-10-7-8(17(19)20)4-5-9(10)14/h4-5,7,11H,2-3,6,15H2,1H3,(H,16,18). The van der Waals surface area contributed by atoms with E-state index in [0.29, 0.717) is 10.2 Å². The summed E-state index contributed by atoms with van der Waals surface area (Å²) >= 11 is 3.28. The zero-order valence-corrected chi connectivity index (χ0v) is 12.6. The molecule has 0 aliphatic heterocycles. The summed E-state index contributed by atoms with van der Waals surface area (Å²) in [4.78, 5) is 22.7. The Kier molecular flexibility index (Phi) is 4.10. The third-order valence-electron chi connectivity index (χ3n) is 3.96. The Balaban J connectivity index is 2.23. The van der Waals surface area contributed by atoms with Crippen molar-refractivity contribution in [3.05, 3.63) is 32.8 Å². The molecule has 1 aliphatic rings. The highest BCUT2D eigenvalue weighted by atomic mass is 79.9. The van der Waals surface area contributed by atoms with E-state index in [1.165, 1.54) is 12.1 Å². The molecule has 0 bridgehead atoms. The Morgan fingerprint density at radius 3 is 2.85 bits per heavy atom. The number of halogens is 1. The van der Waals surface area contributed by atoms with Crippen molar-refractivity contribution in [3.8, 4) is 0 Å². The predicted octanol–water partition coefficient (Wildman–Crippen LogP) is 2.81. The third-order valence-corrected chi connectivity index (χ3v) is 4.65. The van der Waals surface area contributed by atoms with E-state index in [-0.39, 0.29) is 17.6 Å². The summed E-state index contributed by atoms with van der Waals surface area (Å²) in [6, 6.07) is 4.08. The number of rotatable bonds is 3. The van der Waals surface area contributed by atoms with Gasteiger partial charge in [-0.15, -0.1) is 0 Å². The first kappa shape index (κ1) is 14.9. The van der Waals surface area contributed by atoms with Crippen molar-refractivity contribution in [2.75, 3.05) is 5.32 Å². The van der Waals surface area contributed by atoms with Gasteiger partial charge in [0.1, 0.15) is 0 Å². The average Bonchev–Trinajstić information content (AvgIpc) is 2.73. The van der Waals surface area contributed by atoms with Crippen molar-refractivity contribution in [3.63, 3.8) is 0 Å². The summed E-state index contributed by atoms with van der Waals surface area (Å²) in [5.41, 5.74) is 5.71. The molecule has 1 amide bonds. The molecule has 108 valence electrons. The van der Waals surface area contributed by atoms with Gasteiger partial charge in [0.05, 0.1) is 16.0 Å². The first-order valence-electron chi connectivity index (χ1n) is 6.35. The largest absolute Gasteiger partial charge is 0.327 e. The van der Waals surface area contributed by atoms with E-state index in [9.17, 15) is 14.9 Å². The minimum atomic E-state index is -0.621. The molecule has 0 spiro atoms. The van der Waals surface area contributed by atoms with E-state index in [1.807, 2.05) is 6.92 Å². The Bertz CT molecular complexity index is 564. The number of nitrogens with one attached hydrogen (secondary N) is 1. The Labute approximate surface area is 125 Å². The van der Waals surface area contributed by atoms with Crippen LogP contribution in [0.4, 0.5) is 11.4 Å². The van der Waals surface area contributed by atoms with Gasteiger partial charge in [0, 0.05) is 22.6 Å². The van der Waals surface area contributed by atoms with Crippen molar-refractivity contribution >= 4 is 33.2 Å². The van der Waals surface area contributed by atoms with E-state index in [1.54, 1.807) is 6.07 Å². The molecule has 7 heteroatoms. The molecule has 2 atom stereocenters. The Morgan fingerprint density at radius 1 is 1.60 bits per heavy atom. The van der Waals surface area contributed by atoms with Crippen molar-refractivity contribution in [1.29, 1.82) is 0 Å². The number of amides is 1. The highest BCUT2D eigenvalue weighted by Crippen LogP contribution is 2.38. The number of nitro benzene ring substituents is 1. The molecular formula is C13H16BrN3O3. The lowest BCUT2D eigenvalue weighted by atomic mass is 9.84. The Hall–Kier alpha value is -1.47. The van der Waals surface area contributed by atoms with Crippen LogP contribution in [0.1, 0.15) is 26.2 Å². The number of carbonyl (C=O) groups is 1. The molecule has 2 unspecified atom stereocenters. The molecule has 1 aromatic carbocycles. The quantitative estimate of drug-likeness (QED) is 0.652. The maximum Gasteiger partial charge on any atom is 0.271 e. The summed E-state index contributed by atoms with van der Waals surface area (Å²) in [6.07, 6.45) is 2.47. The van der Waals surface area contributed by atoms with Crippen molar-refractivity contribution in [1.82, 2.24) is 0 Å². The minimum absolute atomic E-state index is 0.0654. The molecule has 0 aromatic heterocycles. The number of carbonyl (C=O) groups excluding carboxylic acids is 1. The van der Waals surface area contributed by atoms with E-state index in [0.717, 1.165) is 19.3 Å². The van der Waals surface area contributed by atoms with Gasteiger partial charge in [0.15, 0.2) is 0 Å². The third kappa shape index (κ3) is 2.69. The lowest BCUT2D eigenvalue weighted by Gasteiger charge is -2.27. The first-order valence-corrected chi connectivity index (χ1v) is 7.15. The number of benzene rings is 1. The molecule has 1 aromatic rings. The predicted molar refractivity (Wildman–Crippen MR) is 79.4 cm³/mol. The van der Waals surface area contributed by atoms with Crippen LogP contribution in [0.3, 0.4) is 0 Å². The van der Waals surface area contributed by atoms with Crippen LogP contribution in [0, 0.1) is 15.5 Å². The summed E-state index contributed by atoms with van der Waals surface area (Å²) in [6.45, 7) is 1.84. The summed E-state index contributed by atoms with van der Waals surface area (Å²) < 4.78 is 0.603. The fourth-order valence-corrected chi connectivity index (χ4v) is 2.81. The molecule has 20 heavy (non-hydrogen) atoms. The van der Waals surface area contributed by atoms with Gasteiger partial charge < -0.3 is 11.1 Å². The molecule has 1 fully saturated rings. The van der Waals surface area contributed by atoms with Crippen LogP contribution in [-0.2, 0) is 4.79 Å². The molecule has 3 N–H and O–H groups in total. The van der Waals surface area contributed by atoms with Gasteiger partial charge >= 0.3 is 0 Å². The van der Waals surface area contributed by atoms with Gasteiger partial charge in [-0.25, -0.2) is 0 Å². The van der Waals surface area contributed by atoms with E-state index in [4.69, 9.17) is 5.73 Å². The van der Waals surface area contributed by atoms with Crippen LogP contribution in [0.15, 0.2) is 22.7 Å². The number of nitro groups is 1. The van der Waals surface area contributed by atoms with E-state index < -0.39 is 10.3 Å². The first-order chi connectivity index (χ1) is 9.34. The summed E-state index contributed by atoms with van der Waals surface area (Å²) in [7, 11) is 0. The number of anilines is 1. The maximum absolute atomic E-state index is 12.4. The summed E-state index contributed by atoms with van der Waals surface area (Å²) in [5, 5.41) is 13.5. The highest BCUT2D eigenvalue weighted by Gasteiger charge is 2.43. The van der Waals surface area contributed by atoms with Crippen LogP contribution >= 0.6 is 15.9 Å². The minimum Gasteiger partial charge on any atom is -0.327 e. The van der Waals surface area contributed by atoms with Crippen LogP contribution in [-0.4, -0.2) is 16.9 Å². The van der Waals surface area contributed by atoms with Crippen molar-refractivity contribution in [2.45, 2.75) is 32.2 Å². The monoisotopic (exact) mass is 341 g/mol. The zero-order chi connectivity index (χ0) is 14.9. The fourth-order valence-electron chi connectivity index (χ4n) is 2.46. The second-order valence-electron chi connectivity index (χ2n) is 5.29. The van der Waals surface area contributed by atoms with Gasteiger partial charge in [-0.1, -0.05) is 6.42 Å². The number of nitrogens with zero attached hydrogens (tertiary/aromatic N) is 1. The zero-order valence-electron chi connectivity index (χ0n) is 11.1. The van der Waals surface area contributed by atoms with E-state index >= 15 is 0 Å². The molecule has 2 rings (SSSR count). The fraction of sp³-hybridized carbons (Fsp3) is 0.462. The van der Waals surface area contributed by atoms with Crippen LogP contribution in [0.5, 0.6) is 0 Å².